The first-order valence-electron chi connectivity index (χ1n) is 16.4. The summed E-state index contributed by atoms with van der Waals surface area (Å²) in [6.07, 6.45) is 7.28. The van der Waals surface area contributed by atoms with Crippen molar-refractivity contribution in [2.45, 2.75) is 76.7 Å². The summed E-state index contributed by atoms with van der Waals surface area (Å²) in [4.78, 5) is 14.2. The monoisotopic (exact) mass is 606 g/mol. The molecule has 234 valence electrons. The maximum atomic E-state index is 6.89. The van der Waals surface area contributed by atoms with Crippen LogP contribution >= 0.6 is 11.3 Å². The Kier molecular flexibility index (Phi) is 10.2. The van der Waals surface area contributed by atoms with Crippen LogP contribution in [0.15, 0.2) is 52.3 Å². The fourth-order valence-electron chi connectivity index (χ4n) is 7.72. The Morgan fingerprint density at radius 1 is 0.953 bits per heavy atom. The summed E-state index contributed by atoms with van der Waals surface area (Å²) in [5.74, 6) is 3.21. The van der Waals surface area contributed by atoms with Crippen molar-refractivity contribution in [1.29, 1.82) is 0 Å². The third kappa shape index (κ3) is 7.54. The van der Waals surface area contributed by atoms with Gasteiger partial charge in [-0.1, -0.05) is 49.2 Å². The molecule has 3 fully saturated rings. The van der Waals surface area contributed by atoms with Crippen molar-refractivity contribution in [1.82, 2.24) is 14.8 Å². The van der Waals surface area contributed by atoms with E-state index in [9.17, 15) is 0 Å². The quantitative estimate of drug-likeness (QED) is 0.251. The average molecular weight is 607 g/mol. The molecule has 1 aliphatic carbocycles. The summed E-state index contributed by atoms with van der Waals surface area (Å²) in [6.45, 7) is 9.37. The van der Waals surface area contributed by atoms with Crippen LogP contribution in [0.1, 0.15) is 80.1 Å². The predicted molar refractivity (Wildman–Crippen MR) is 174 cm³/mol. The SMILES string of the molecule is CC1CN(c2oc(C(CC3CCC(C(c4cccs4)N(C)C)CC3)N3CCOCC3)nc2Cc2ccccc2)CC(C)O1. The third-order valence-corrected chi connectivity index (χ3v) is 10.6. The molecular weight excluding hydrogens is 556 g/mol. The molecule has 0 spiro atoms. The number of rotatable bonds is 10. The van der Waals surface area contributed by atoms with Crippen LogP contribution in [0, 0.1) is 11.8 Å². The summed E-state index contributed by atoms with van der Waals surface area (Å²) in [7, 11) is 4.49. The fourth-order valence-corrected chi connectivity index (χ4v) is 8.73. The van der Waals surface area contributed by atoms with Crippen LogP contribution in [-0.2, 0) is 15.9 Å². The van der Waals surface area contributed by atoms with Gasteiger partial charge in [0.1, 0.15) is 5.69 Å². The van der Waals surface area contributed by atoms with Gasteiger partial charge in [0.25, 0.3) is 0 Å². The summed E-state index contributed by atoms with van der Waals surface area (Å²) in [5.41, 5.74) is 2.31. The molecule has 43 heavy (non-hydrogen) atoms. The van der Waals surface area contributed by atoms with Gasteiger partial charge in [0.05, 0.1) is 31.5 Å². The van der Waals surface area contributed by atoms with Crippen molar-refractivity contribution >= 4 is 17.2 Å². The minimum Gasteiger partial charge on any atom is -0.423 e. The highest BCUT2D eigenvalue weighted by Gasteiger charge is 2.36. The standard InChI is InChI=1S/C35H50N4O3S/c1-25-23-39(24-26(2)41-25)35-30(21-27-9-6-5-7-10-27)36-34(42-35)31(38-16-18-40-19-17-38)22-28-12-14-29(15-13-28)33(37(3)4)32-11-8-20-43-32/h5-11,20,25-26,28-29,31,33H,12-19,21-24H2,1-4H3. The molecule has 0 bridgehead atoms. The van der Waals surface area contributed by atoms with Crippen molar-refractivity contribution in [2.24, 2.45) is 11.8 Å². The Morgan fingerprint density at radius 2 is 1.67 bits per heavy atom. The van der Waals surface area contributed by atoms with Gasteiger partial charge in [-0.05, 0) is 76.1 Å². The average Bonchev–Trinajstić information content (AvgIpc) is 3.68. The zero-order valence-electron chi connectivity index (χ0n) is 26.5. The van der Waals surface area contributed by atoms with E-state index in [4.69, 9.17) is 18.9 Å². The van der Waals surface area contributed by atoms with Gasteiger partial charge in [-0.25, -0.2) is 4.98 Å². The van der Waals surface area contributed by atoms with Crippen LogP contribution in [0.25, 0.3) is 0 Å². The van der Waals surface area contributed by atoms with Crippen LogP contribution < -0.4 is 4.90 Å². The highest BCUT2D eigenvalue weighted by Crippen LogP contribution is 2.44. The number of nitrogens with zero attached hydrogens (tertiary/aromatic N) is 4. The predicted octanol–water partition coefficient (Wildman–Crippen LogP) is 6.81. The van der Waals surface area contributed by atoms with Gasteiger partial charge in [-0.3, -0.25) is 4.90 Å². The molecule has 2 aromatic heterocycles. The Bertz CT molecular complexity index is 1240. The first-order valence-corrected chi connectivity index (χ1v) is 17.3. The van der Waals surface area contributed by atoms with Crippen LogP contribution in [0.2, 0.25) is 0 Å². The van der Waals surface area contributed by atoms with Crippen molar-refractivity contribution < 1.29 is 13.9 Å². The molecule has 1 saturated carbocycles. The summed E-state index contributed by atoms with van der Waals surface area (Å²) >= 11 is 1.90. The van der Waals surface area contributed by atoms with Crippen LogP contribution in [-0.4, -0.2) is 80.5 Å². The molecule has 1 aromatic carbocycles. The minimum absolute atomic E-state index is 0.160. The molecule has 8 heteroatoms. The Morgan fingerprint density at radius 3 is 2.33 bits per heavy atom. The number of anilines is 1. The van der Waals surface area contributed by atoms with Crippen molar-refractivity contribution in [3.63, 3.8) is 0 Å². The molecule has 0 radical (unpaired) electrons. The second-order valence-electron chi connectivity index (χ2n) is 13.2. The van der Waals surface area contributed by atoms with Gasteiger partial charge in [0, 0.05) is 43.5 Å². The van der Waals surface area contributed by atoms with Crippen molar-refractivity contribution in [3.05, 3.63) is 69.9 Å². The Hall–Kier alpha value is -2.23. The van der Waals surface area contributed by atoms with Gasteiger partial charge in [-0.2, -0.15) is 0 Å². The van der Waals surface area contributed by atoms with Gasteiger partial charge in [0.15, 0.2) is 0 Å². The van der Waals surface area contributed by atoms with E-state index in [1.165, 1.54) is 36.1 Å². The second-order valence-corrected chi connectivity index (χ2v) is 14.2. The van der Waals surface area contributed by atoms with E-state index in [0.29, 0.717) is 17.9 Å². The summed E-state index contributed by atoms with van der Waals surface area (Å²) < 4.78 is 18.8. The van der Waals surface area contributed by atoms with Crippen LogP contribution in [0.3, 0.4) is 0 Å². The number of thiophene rings is 1. The van der Waals surface area contributed by atoms with E-state index in [1.54, 1.807) is 0 Å². The van der Waals surface area contributed by atoms with Crippen LogP contribution in [0.5, 0.6) is 0 Å². The van der Waals surface area contributed by atoms with E-state index < -0.39 is 0 Å². The van der Waals surface area contributed by atoms with Crippen LogP contribution in [0.4, 0.5) is 5.88 Å². The maximum absolute atomic E-state index is 6.89. The van der Waals surface area contributed by atoms with E-state index >= 15 is 0 Å². The normalized spacial score (nSPS) is 27.0. The molecule has 2 saturated heterocycles. The summed E-state index contributed by atoms with van der Waals surface area (Å²) in [6, 6.07) is 15.9. The van der Waals surface area contributed by atoms with E-state index in [1.807, 2.05) is 11.3 Å². The van der Waals surface area contributed by atoms with Gasteiger partial charge in [0.2, 0.25) is 11.8 Å². The van der Waals surface area contributed by atoms with Crippen molar-refractivity contribution in [3.8, 4) is 0 Å². The second kappa shape index (κ2) is 14.2. The number of ether oxygens (including phenoxy) is 2. The highest BCUT2D eigenvalue weighted by molar-refractivity contribution is 7.10. The Labute approximate surface area is 262 Å². The van der Waals surface area contributed by atoms with Crippen molar-refractivity contribution in [2.75, 3.05) is 58.4 Å². The molecular formula is C35H50N4O3S. The molecule has 7 nitrogen and oxygen atoms in total. The lowest BCUT2D eigenvalue weighted by Crippen LogP contribution is -2.45. The van der Waals surface area contributed by atoms with E-state index in [0.717, 1.165) is 69.7 Å². The first kappa shape index (κ1) is 30.8. The lowest BCUT2D eigenvalue weighted by atomic mass is 9.75. The number of morpholine rings is 2. The molecule has 2 aliphatic heterocycles. The number of hydrogen-bond acceptors (Lipinski definition) is 8. The molecule has 0 N–H and O–H groups in total. The lowest BCUT2D eigenvalue weighted by Gasteiger charge is -2.39. The Balaban J connectivity index is 1.24. The maximum Gasteiger partial charge on any atom is 0.220 e. The van der Waals surface area contributed by atoms with E-state index in [2.05, 4.69) is 90.5 Å². The topological polar surface area (TPSA) is 54.2 Å². The zero-order valence-corrected chi connectivity index (χ0v) is 27.3. The number of aromatic nitrogens is 1. The highest BCUT2D eigenvalue weighted by atomic mass is 32.1. The summed E-state index contributed by atoms with van der Waals surface area (Å²) in [5, 5.41) is 2.22. The zero-order chi connectivity index (χ0) is 29.8. The van der Waals surface area contributed by atoms with Gasteiger partial charge < -0.3 is 23.7 Å². The fraction of sp³-hybridized carbons (Fsp3) is 0.629. The molecule has 3 aliphatic rings. The molecule has 0 amide bonds. The molecule has 3 aromatic rings. The first-order chi connectivity index (χ1) is 20.9. The molecule has 6 rings (SSSR count). The largest absolute Gasteiger partial charge is 0.423 e. The van der Waals surface area contributed by atoms with E-state index in [-0.39, 0.29) is 18.2 Å². The van der Waals surface area contributed by atoms with Gasteiger partial charge in [-0.15, -0.1) is 11.3 Å². The number of oxazole rings is 1. The number of hydrogen-bond donors (Lipinski definition) is 0. The molecule has 4 unspecified atom stereocenters. The lowest BCUT2D eigenvalue weighted by molar-refractivity contribution is -0.00752. The molecule has 4 heterocycles. The number of benzene rings is 1. The third-order valence-electron chi connectivity index (χ3n) is 9.67. The molecule has 4 atom stereocenters. The van der Waals surface area contributed by atoms with Gasteiger partial charge >= 0.3 is 0 Å². The smallest absolute Gasteiger partial charge is 0.220 e. The minimum atomic E-state index is 0.160.